The smallest absolute Gasteiger partial charge is 0.321 e. The van der Waals surface area contributed by atoms with Crippen molar-refractivity contribution in [3.8, 4) is 0 Å². The number of nitrogens with one attached hydrogen (secondary N) is 1. The number of carbonyl (C=O) groups is 2. The molecule has 0 aliphatic heterocycles. The first-order chi connectivity index (χ1) is 13.8. The number of carbonyl (C=O) groups excluding carboxylic acids is 2. The minimum absolute atomic E-state index is 0.0331. The second-order valence-corrected chi connectivity index (χ2v) is 6.16. The van der Waals surface area contributed by atoms with Crippen LogP contribution in [0.2, 0.25) is 0 Å². The van der Waals surface area contributed by atoms with Crippen LogP contribution in [-0.4, -0.2) is 23.8 Å². The van der Waals surface area contributed by atoms with E-state index in [9.17, 15) is 22.8 Å². The summed E-state index contributed by atoms with van der Waals surface area (Å²) in [5.74, 6) is -1.21. The Morgan fingerprint density at radius 3 is 2.24 bits per heavy atom. The van der Waals surface area contributed by atoms with Gasteiger partial charge in [0.1, 0.15) is 0 Å². The summed E-state index contributed by atoms with van der Waals surface area (Å²) in [4.78, 5) is 30.4. The Kier molecular flexibility index (Phi) is 5.63. The molecule has 0 atom stereocenters. The number of pyridine rings is 1. The van der Waals surface area contributed by atoms with Crippen LogP contribution in [0.3, 0.4) is 0 Å². The maximum Gasteiger partial charge on any atom is 0.418 e. The van der Waals surface area contributed by atoms with E-state index in [0.717, 1.165) is 12.1 Å². The molecule has 3 aromatic rings. The minimum Gasteiger partial charge on any atom is -0.321 e. The Labute approximate surface area is 164 Å². The van der Waals surface area contributed by atoms with Gasteiger partial charge >= 0.3 is 6.18 Å². The maximum absolute atomic E-state index is 13.1. The van der Waals surface area contributed by atoms with Crippen molar-refractivity contribution in [2.24, 2.45) is 0 Å². The number of para-hydroxylation sites is 2. The molecule has 148 valence electrons. The average molecular weight is 399 g/mol. The molecule has 0 fully saturated rings. The third-order valence-electron chi connectivity index (χ3n) is 4.18. The summed E-state index contributed by atoms with van der Waals surface area (Å²) < 4.78 is 39.3. The van der Waals surface area contributed by atoms with Gasteiger partial charge in [-0.15, -0.1) is 0 Å². The molecule has 0 spiro atoms. The summed E-state index contributed by atoms with van der Waals surface area (Å²) in [5.41, 5.74) is -0.589. The summed E-state index contributed by atoms with van der Waals surface area (Å²) in [5, 5.41) is 2.24. The second kappa shape index (κ2) is 8.14. The van der Waals surface area contributed by atoms with Crippen molar-refractivity contribution in [3.63, 3.8) is 0 Å². The molecule has 8 heteroatoms. The molecule has 0 unspecified atom stereocenters. The zero-order valence-corrected chi connectivity index (χ0v) is 15.3. The molecular formula is C21H16F3N3O2. The fraction of sp³-hybridized carbons (Fsp3) is 0.0952. The topological polar surface area (TPSA) is 62.3 Å². The van der Waals surface area contributed by atoms with Crippen molar-refractivity contribution in [1.29, 1.82) is 0 Å². The number of nitrogens with zero attached hydrogens (tertiary/aromatic N) is 2. The van der Waals surface area contributed by atoms with Crippen LogP contribution in [0.25, 0.3) is 0 Å². The van der Waals surface area contributed by atoms with Crippen LogP contribution in [0, 0.1) is 0 Å². The lowest BCUT2D eigenvalue weighted by Crippen LogP contribution is -2.26. The van der Waals surface area contributed by atoms with Gasteiger partial charge in [-0.1, -0.05) is 30.3 Å². The zero-order chi connectivity index (χ0) is 21.0. The summed E-state index contributed by atoms with van der Waals surface area (Å²) in [6, 6.07) is 14.8. The molecule has 0 aliphatic rings. The fourth-order valence-corrected chi connectivity index (χ4v) is 2.68. The number of benzene rings is 2. The molecule has 2 aromatic carbocycles. The number of rotatable bonds is 4. The normalized spacial score (nSPS) is 11.0. The minimum atomic E-state index is -4.61. The van der Waals surface area contributed by atoms with Gasteiger partial charge in [0.25, 0.3) is 11.8 Å². The van der Waals surface area contributed by atoms with Crippen LogP contribution in [-0.2, 0) is 6.18 Å². The van der Waals surface area contributed by atoms with Gasteiger partial charge in [-0.05, 0) is 30.3 Å². The van der Waals surface area contributed by atoms with Crippen LogP contribution in [0.4, 0.5) is 24.5 Å². The van der Waals surface area contributed by atoms with E-state index in [1.807, 2.05) is 6.07 Å². The Balaban J connectivity index is 1.83. The van der Waals surface area contributed by atoms with Gasteiger partial charge in [0.15, 0.2) is 0 Å². The molecular weight excluding hydrogens is 383 g/mol. The zero-order valence-electron chi connectivity index (χ0n) is 15.3. The van der Waals surface area contributed by atoms with Gasteiger partial charge in [-0.25, -0.2) is 0 Å². The van der Waals surface area contributed by atoms with Crippen molar-refractivity contribution in [2.45, 2.75) is 6.18 Å². The predicted octanol–water partition coefficient (Wildman–Crippen LogP) is 4.63. The fourth-order valence-electron chi connectivity index (χ4n) is 2.68. The van der Waals surface area contributed by atoms with Crippen molar-refractivity contribution < 1.29 is 22.8 Å². The first kappa shape index (κ1) is 20.1. The molecule has 0 saturated carbocycles. The number of hydrogen-bond donors (Lipinski definition) is 1. The Morgan fingerprint density at radius 1 is 0.931 bits per heavy atom. The Bertz CT molecular complexity index is 1040. The van der Waals surface area contributed by atoms with E-state index < -0.39 is 23.6 Å². The van der Waals surface area contributed by atoms with Crippen LogP contribution < -0.4 is 10.2 Å². The van der Waals surface area contributed by atoms with Crippen LogP contribution >= 0.6 is 0 Å². The van der Waals surface area contributed by atoms with Gasteiger partial charge in [0.2, 0.25) is 0 Å². The van der Waals surface area contributed by atoms with E-state index in [-0.39, 0.29) is 16.8 Å². The summed E-state index contributed by atoms with van der Waals surface area (Å²) in [7, 11) is 1.57. The van der Waals surface area contributed by atoms with E-state index in [0.29, 0.717) is 5.69 Å². The van der Waals surface area contributed by atoms with Crippen molar-refractivity contribution in [1.82, 2.24) is 4.98 Å². The molecule has 1 aromatic heterocycles. The summed E-state index contributed by atoms with van der Waals surface area (Å²) >= 11 is 0. The molecule has 0 radical (unpaired) electrons. The predicted molar refractivity (Wildman–Crippen MR) is 103 cm³/mol. The number of anilines is 2. The summed E-state index contributed by atoms with van der Waals surface area (Å²) in [6.07, 6.45) is -2.13. The number of halogens is 3. The summed E-state index contributed by atoms with van der Waals surface area (Å²) in [6.45, 7) is 0. The molecule has 1 N–H and O–H groups in total. The van der Waals surface area contributed by atoms with Gasteiger partial charge in [-0.3, -0.25) is 14.6 Å². The van der Waals surface area contributed by atoms with Crippen molar-refractivity contribution in [2.75, 3.05) is 17.3 Å². The number of alkyl halides is 3. The highest BCUT2D eigenvalue weighted by Crippen LogP contribution is 2.34. The molecule has 2 amide bonds. The Morgan fingerprint density at radius 2 is 1.55 bits per heavy atom. The highest BCUT2D eigenvalue weighted by molar-refractivity contribution is 6.09. The average Bonchev–Trinajstić information content (AvgIpc) is 2.73. The molecule has 0 aliphatic carbocycles. The van der Waals surface area contributed by atoms with Gasteiger partial charge in [-0.2, -0.15) is 13.2 Å². The number of hydrogen-bond acceptors (Lipinski definition) is 3. The van der Waals surface area contributed by atoms with Gasteiger partial charge in [0, 0.05) is 25.1 Å². The SMILES string of the molecule is CN(C(=O)c1cncc(C(=O)Nc2ccccc2C(F)(F)F)c1)c1ccccc1. The maximum atomic E-state index is 13.1. The van der Waals surface area contributed by atoms with Crippen LogP contribution in [0.15, 0.2) is 73.1 Å². The molecule has 0 saturated heterocycles. The van der Waals surface area contributed by atoms with E-state index in [1.165, 1.54) is 35.5 Å². The highest BCUT2D eigenvalue weighted by atomic mass is 19.4. The van der Waals surface area contributed by atoms with Crippen molar-refractivity contribution in [3.05, 3.63) is 89.7 Å². The lowest BCUT2D eigenvalue weighted by atomic mass is 10.1. The number of amides is 2. The third kappa shape index (κ3) is 4.60. The second-order valence-electron chi connectivity index (χ2n) is 6.16. The molecule has 29 heavy (non-hydrogen) atoms. The molecule has 1 heterocycles. The van der Waals surface area contributed by atoms with E-state index >= 15 is 0 Å². The lowest BCUT2D eigenvalue weighted by Gasteiger charge is -2.17. The van der Waals surface area contributed by atoms with E-state index in [4.69, 9.17) is 0 Å². The third-order valence-corrected chi connectivity index (χ3v) is 4.18. The highest BCUT2D eigenvalue weighted by Gasteiger charge is 2.33. The molecule has 0 bridgehead atoms. The van der Waals surface area contributed by atoms with E-state index in [1.54, 1.807) is 31.3 Å². The molecule has 5 nitrogen and oxygen atoms in total. The van der Waals surface area contributed by atoms with Crippen LogP contribution in [0.5, 0.6) is 0 Å². The first-order valence-corrected chi connectivity index (χ1v) is 8.53. The monoisotopic (exact) mass is 399 g/mol. The largest absolute Gasteiger partial charge is 0.418 e. The van der Waals surface area contributed by atoms with Crippen molar-refractivity contribution >= 4 is 23.2 Å². The first-order valence-electron chi connectivity index (χ1n) is 8.53. The van der Waals surface area contributed by atoms with E-state index in [2.05, 4.69) is 10.3 Å². The Hall–Kier alpha value is -3.68. The van der Waals surface area contributed by atoms with Gasteiger partial charge in [0.05, 0.1) is 22.4 Å². The van der Waals surface area contributed by atoms with Gasteiger partial charge < -0.3 is 10.2 Å². The van der Waals surface area contributed by atoms with Crippen LogP contribution in [0.1, 0.15) is 26.3 Å². The quantitative estimate of drug-likeness (QED) is 0.696. The number of aromatic nitrogens is 1. The lowest BCUT2D eigenvalue weighted by molar-refractivity contribution is -0.136. The molecule has 3 rings (SSSR count). The standard InChI is InChI=1S/C21H16F3N3O2/c1-27(16-7-3-2-4-8-16)20(29)15-11-14(12-25-13-15)19(28)26-18-10-6-5-9-17(18)21(22,23)24/h2-13H,1H3,(H,26,28).